The molecule has 112 valence electrons. The van der Waals surface area contributed by atoms with Crippen molar-refractivity contribution in [3.63, 3.8) is 0 Å². The van der Waals surface area contributed by atoms with Crippen molar-refractivity contribution in [2.45, 2.75) is 26.3 Å². The highest BCUT2D eigenvalue weighted by molar-refractivity contribution is 9.10. The Morgan fingerprint density at radius 1 is 1.14 bits per heavy atom. The van der Waals surface area contributed by atoms with Crippen LogP contribution < -0.4 is 16.0 Å². The van der Waals surface area contributed by atoms with Gasteiger partial charge in [0.1, 0.15) is 5.75 Å². The number of hydrogen-bond donors (Lipinski definition) is 2. The number of hydrogen-bond acceptors (Lipinski definition) is 3. The second-order valence-electron chi connectivity index (χ2n) is 5.31. The highest BCUT2D eigenvalue weighted by Crippen LogP contribution is 2.29. The molecule has 21 heavy (non-hydrogen) atoms. The zero-order chi connectivity index (χ0) is 15.4. The lowest BCUT2D eigenvalue weighted by Crippen LogP contribution is -2.29. The summed E-state index contributed by atoms with van der Waals surface area (Å²) >= 11 is 3.52. The zero-order valence-electron chi connectivity index (χ0n) is 12.6. The van der Waals surface area contributed by atoms with E-state index in [0.29, 0.717) is 0 Å². The minimum atomic E-state index is 0.0633. The predicted molar refractivity (Wildman–Crippen MR) is 90.4 cm³/mol. The van der Waals surface area contributed by atoms with Crippen LogP contribution in [0.15, 0.2) is 40.9 Å². The van der Waals surface area contributed by atoms with E-state index in [1.165, 1.54) is 16.7 Å². The molecule has 3 N–H and O–H groups in total. The number of aryl methyl sites for hydroxylation is 2. The normalized spacial score (nSPS) is 12.2. The van der Waals surface area contributed by atoms with E-state index in [9.17, 15) is 0 Å². The van der Waals surface area contributed by atoms with Crippen LogP contribution in [0.4, 0.5) is 0 Å². The van der Waals surface area contributed by atoms with Gasteiger partial charge < -0.3 is 4.74 Å². The molecule has 2 aromatic carbocycles. The summed E-state index contributed by atoms with van der Waals surface area (Å²) in [6.45, 7) is 4.23. The molecule has 0 amide bonds. The lowest BCUT2D eigenvalue weighted by atomic mass is 9.97. The monoisotopic (exact) mass is 348 g/mol. The molecule has 3 nitrogen and oxygen atoms in total. The molecular weight excluding hydrogens is 328 g/mol. The molecule has 2 aromatic rings. The zero-order valence-corrected chi connectivity index (χ0v) is 14.2. The molecule has 1 atom stereocenters. The van der Waals surface area contributed by atoms with Crippen LogP contribution in [0.5, 0.6) is 5.75 Å². The molecular formula is C17H21BrN2O. The number of halogens is 1. The Morgan fingerprint density at radius 3 is 2.33 bits per heavy atom. The predicted octanol–water partition coefficient (Wildman–Crippen LogP) is 3.82. The van der Waals surface area contributed by atoms with Gasteiger partial charge in [0, 0.05) is 0 Å². The molecule has 0 radical (unpaired) electrons. The van der Waals surface area contributed by atoms with Crippen molar-refractivity contribution in [1.29, 1.82) is 0 Å². The molecule has 4 heteroatoms. The van der Waals surface area contributed by atoms with Crippen LogP contribution >= 0.6 is 15.9 Å². The fraction of sp³-hybridized carbons (Fsp3) is 0.294. The minimum Gasteiger partial charge on any atom is -0.496 e. The van der Waals surface area contributed by atoms with Crippen molar-refractivity contribution in [2.75, 3.05) is 7.11 Å². The molecule has 0 aromatic heterocycles. The van der Waals surface area contributed by atoms with E-state index in [2.05, 4.69) is 53.4 Å². The fourth-order valence-electron chi connectivity index (χ4n) is 2.59. The summed E-state index contributed by atoms with van der Waals surface area (Å²) in [7, 11) is 1.66. The van der Waals surface area contributed by atoms with Gasteiger partial charge in [-0.3, -0.25) is 11.3 Å². The van der Waals surface area contributed by atoms with Gasteiger partial charge in [0.2, 0.25) is 0 Å². The number of benzene rings is 2. The molecule has 0 saturated heterocycles. The first-order chi connectivity index (χ1) is 10.0. The molecule has 0 aliphatic rings. The van der Waals surface area contributed by atoms with Gasteiger partial charge in [-0.05, 0) is 59.5 Å². The van der Waals surface area contributed by atoms with Gasteiger partial charge in [-0.15, -0.1) is 0 Å². The molecule has 0 aliphatic carbocycles. The van der Waals surface area contributed by atoms with Crippen LogP contribution in [0.25, 0.3) is 0 Å². The van der Waals surface area contributed by atoms with E-state index in [0.717, 1.165) is 22.2 Å². The van der Waals surface area contributed by atoms with E-state index in [1.807, 2.05) is 18.2 Å². The summed E-state index contributed by atoms with van der Waals surface area (Å²) in [6, 6.07) is 12.7. The first-order valence-corrected chi connectivity index (χ1v) is 7.69. The Labute approximate surface area is 134 Å². The Morgan fingerprint density at radius 2 is 1.81 bits per heavy atom. The molecule has 0 spiro atoms. The topological polar surface area (TPSA) is 47.3 Å². The lowest BCUT2D eigenvalue weighted by Gasteiger charge is -2.18. The smallest absolute Gasteiger partial charge is 0.133 e. The third-order valence-corrected chi connectivity index (χ3v) is 4.12. The van der Waals surface area contributed by atoms with Crippen LogP contribution in [0.2, 0.25) is 0 Å². The third-order valence-electron chi connectivity index (χ3n) is 3.50. The second-order valence-corrected chi connectivity index (χ2v) is 6.17. The van der Waals surface area contributed by atoms with Gasteiger partial charge in [0.25, 0.3) is 0 Å². The van der Waals surface area contributed by atoms with Crippen molar-refractivity contribution in [3.05, 3.63) is 63.1 Å². The van der Waals surface area contributed by atoms with Gasteiger partial charge in [-0.2, -0.15) is 0 Å². The first-order valence-electron chi connectivity index (χ1n) is 6.90. The SMILES string of the molecule is COc1ccc(C(Cc2cc(C)cc(C)c2)NN)cc1Br. The molecule has 0 saturated carbocycles. The highest BCUT2D eigenvalue weighted by Gasteiger charge is 2.13. The molecule has 1 unspecified atom stereocenters. The van der Waals surface area contributed by atoms with Gasteiger partial charge in [0.05, 0.1) is 17.6 Å². The standard InChI is InChI=1S/C17H21BrN2O/c1-11-6-12(2)8-13(7-11)9-16(20-19)14-4-5-17(21-3)15(18)10-14/h4-8,10,16,20H,9,19H2,1-3H3. The average molecular weight is 349 g/mol. The maximum atomic E-state index is 5.75. The summed E-state index contributed by atoms with van der Waals surface area (Å²) < 4.78 is 6.20. The Balaban J connectivity index is 2.25. The van der Waals surface area contributed by atoms with Gasteiger partial charge in [-0.1, -0.05) is 35.4 Å². The quantitative estimate of drug-likeness (QED) is 0.637. The highest BCUT2D eigenvalue weighted by atomic mass is 79.9. The van der Waals surface area contributed by atoms with Crippen molar-refractivity contribution < 1.29 is 4.74 Å². The van der Waals surface area contributed by atoms with Crippen molar-refractivity contribution in [1.82, 2.24) is 5.43 Å². The van der Waals surface area contributed by atoms with Crippen LogP contribution in [-0.4, -0.2) is 7.11 Å². The fourth-order valence-corrected chi connectivity index (χ4v) is 3.15. The molecule has 0 fully saturated rings. The molecule has 0 heterocycles. The summed E-state index contributed by atoms with van der Waals surface area (Å²) in [5.41, 5.74) is 7.87. The molecule has 0 aliphatic heterocycles. The van der Waals surface area contributed by atoms with Crippen LogP contribution in [0.3, 0.4) is 0 Å². The van der Waals surface area contributed by atoms with E-state index in [4.69, 9.17) is 10.6 Å². The Bertz CT molecular complexity index is 608. The maximum Gasteiger partial charge on any atom is 0.133 e. The van der Waals surface area contributed by atoms with Gasteiger partial charge in [0.15, 0.2) is 0 Å². The van der Waals surface area contributed by atoms with E-state index < -0.39 is 0 Å². The van der Waals surface area contributed by atoms with Gasteiger partial charge in [-0.25, -0.2) is 0 Å². The van der Waals surface area contributed by atoms with E-state index in [-0.39, 0.29) is 6.04 Å². The molecule has 2 rings (SSSR count). The number of nitrogens with two attached hydrogens (primary N) is 1. The average Bonchev–Trinajstić information content (AvgIpc) is 2.43. The van der Waals surface area contributed by atoms with E-state index in [1.54, 1.807) is 7.11 Å². The van der Waals surface area contributed by atoms with Crippen molar-refractivity contribution in [2.24, 2.45) is 5.84 Å². The van der Waals surface area contributed by atoms with Crippen LogP contribution in [0.1, 0.15) is 28.3 Å². The van der Waals surface area contributed by atoms with Gasteiger partial charge >= 0.3 is 0 Å². The largest absolute Gasteiger partial charge is 0.496 e. The first kappa shape index (κ1) is 16.0. The number of methoxy groups -OCH3 is 1. The maximum absolute atomic E-state index is 5.75. The lowest BCUT2D eigenvalue weighted by molar-refractivity contribution is 0.411. The van der Waals surface area contributed by atoms with Crippen molar-refractivity contribution in [3.8, 4) is 5.75 Å². The Hall–Kier alpha value is -1.36. The Kier molecular flexibility index (Phi) is 5.39. The number of nitrogens with one attached hydrogen (secondary N) is 1. The summed E-state index contributed by atoms with van der Waals surface area (Å²) in [4.78, 5) is 0. The van der Waals surface area contributed by atoms with Crippen LogP contribution in [-0.2, 0) is 6.42 Å². The summed E-state index contributed by atoms with van der Waals surface area (Å²) in [5, 5.41) is 0. The summed E-state index contributed by atoms with van der Waals surface area (Å²) in [6.07, 6.45) is 0.845. The minimum absolute atomic E-state index is 0.0633. The number of rotatable bonds is 5. The second kappa shape index (κ2) is 7.07. The van der Waals surface area contributed by atoms with Crippen LogP contribution in [0, 0.1) is 13.8 Å². The number of hydrazine groups is 1. The van der Waals surface area contributed by atoms with Crippen molar-refractivity contribution >= 4 is 15.9 Å². The summed E-state index contributed by atoms with van der Waals surface area (Å²) in [5.74, 6) is 6.57. The number of ether oxygens (including phenoxy) is 1. The van der Waals surface area contributed by atoms with E-state index >= 15 is 0 Å². The molecule has 0 bridgehead atoms. The third kappa shape index (κ3) is 4.06.